The maximum Gasteiger partial charge on any atom is 0.258 e. The first-order valence-corrected chi connectivity index (χ1v) is 8.19. The van der Waals surface area contributed by atoms with Crippen LogP contribution in [0.15, 0.2) is 40.9 Å². The Hall–Kier alpha value is -3.08. The number of aryl methyl sites for hydroxylation is 2. The first-order valence-electron chi connectivity index (χ1n) is 8.19. The average Bonchev–Trinajstić information content (AvgIpc) is 3.20. The van der Waals surface area contributed by atoms with Gasteiger partial charge in [-0.15, -0.1) is 0 Å². The molecule has 3 heterocycles. The summed E-state index contributed by atoms with van der Waals surface area (Å²) < 4.78 is 7.24. The molecule has 0 fully saturated rings. The highest BCUT2D eigenvalue weighted by Crippen LogP contribution is 2.37. The summed E-state index contributed by atoms with van der Waals surface area (Å²) in [4.78, 5) is 14.4. The van der Waals surface area contributed by atoms with Gasteiger partial charge >= 0.3 is 0 Å². The molecule has 1 amide bonds. The fourth-order valence-corrected chi connectivity index (χ4v) is 3.44. The number of rotatable bonds is 2. The highest BCUT2D eigenvalue weighted by molar-refractivity contribution is 6.35. The largest absolute Gasteiger partial charge is 0.360 e. The molecule has 0 saturated carbocycles. The number of hydrogen-bond acceptors (Lipinski definition) is 3. The van der Waals surface area contributed by atoms with Crippen molar-refractivity contribution in [2.24, 2.45) is 0 Å². The van der Waals surface area contributed by atoms with Gasteiger partial charge in [0, 0.05) is 35.6 Å². The van der Waals surface area contributed by atoms with E-state index in [1.165, 1.54) is 0 Å². The Kier molecular flexibility index (Phi) is 3.39. The summed E-state index contributed by atoms with van der Waals surface area (Å²) in [6.45, 7) is 5.92. The zero-order valence-corrected chi connectivity index (χ0v) is 14.7. The second-order valence-electron chi connectivity index (χ2n) is 6.40. The molecule has 126 valence electrons. The smallest absolute Gasteiger partial charge is 0.258 e. The minimum atomic E-state index is 0.0169. The summed E-state index contributed by atoms with van der Waals surface area (Å²) in [5, 5.41) is 4.11. The second kappa shape index (κ2) is 5.48. The molecule has 0 aliphatic carbocycles. The van der Waals surface area contributed by atoms with Crippen molar-refractivity contribution in [1.29, 1.82) is 0 Å². The van der Waals surface area contributed by atoms with Crippen molar-refractivity contribution in [2.45, 2.75) is 20.8 Å². The van der Waals surface area contributed by atoms with Crippen LogP contribution in [0.5, 0.6) is 0 Å². The molecule has 0 saturated heterocycles. The molecule has 1 aliphatic heterocycles. The standard InChI is InChI=1S/C20H19N3O2/c1-12-9-15(14(3)23(12)19-10-13(2)25-21-19)11-17-16-7-5-6-8-18(16)22(4)20(17)24/h5-11H,1-4H3/b17-11-. The highest BCUT2D eigenvalue weighted by atomic mass is 16.5. The minimum absolute atomic E-state index is 0.0169. The van der Waals surface area contributed by atoms with E-state index in [4.69, 9.17) is 4.52 Å². The normalized spacial score (nSPS) is 15.3. The molecule has 0 N–H and O–H groups in total. The van der Waals surface area contributed by atoms with Crippen molar-refractivity contribution in [1.82, 2.24) is 9.72 Å². The molecular weight excluding hydrogens is 314 g/mol. The van der Waals surface area contributed by atoms with Gasteiger partial charge in [-0.2, -0.15) is 0 Å². The Balaban J connectivity index is 1.85. The Labute approximate surface area is 146 Å². The molecule has 2 aromatic heterocycles. The molecule has 0 atom stereocenters. The zero-order chi connectivity index (χ0) is 17.7. The summed E-state index contributed by atoms with van der Waals surface area (Å²) in [7, 11) is 1.81. The summed E-state index contributed by atoms with van der Waals surface area (Å²) in [6, 6.07) is 11.8. The van der Waals surface area contributed by atoms with E-state index in [1.54, 1.807) is 4.90 Å². The first kappa shape index (κ1) is 15.4. The molecule has 1 aliphatic rings. The van der Waals surface area contributed by atoms with E-state index in [0.29, 0.717) is 0 Å². The van der Waals surface area contributed by atoms with E-state index in [0.717, 1.165) is 45.4 Å². The number of likely N-dealkylation sites (N-methyl/N-ethyl adjacent to an activating group) is 1. The van der Waals surface area contributed by atoms with Gasteiger partial charge in [0.15, 0.2) is 5.82 Å². The van der Waals surface area contributed by atoms with E-state index >= 15 is 0 Å². The maximum atomic E-state index is 12.7. The van der Waals surface area contributed by atoms with Crippen molar-refractivity contribution >= 4 is 23.2 Å². The van der Waals surface area contributed by atoms with E-state index in [2.05, 4.69) is 11.2 Å². The molecule has 0 radical (unpaired) electrons. The third-order valence-corrected chi connectivity index (χ3v) is 4.71. The average molecular weight is 333 g/mol. The number of carbonyl (C=O) groups excluding carboxylic acids is 1. The van der Waals surface area contributed by atoms with Crippen molar-refractivity contribution in [3.05, 3.63) is 64.7 Å². The van der Waals surface area contributed by atoms with E-state index in [1.807, 2.05) is 68.8 Å². The number of benzene rings is 1. The van der Waals surface area contributed by atoms with Crippen LogP contribution in [0.25, 0.3) is 17.5 Å². The van der Waals surface area contributed by atoms with Crippen molar-refractivity contribution in [2.75, 3.05) is 11.9 Å². The summed E-state index contributed by atoms with van der Waals surface area (Å²) in [5.74, 6) is 1.54. The number of fused-ring (bicyclic) bond motifs is 1. The van der Waals surface area contributed by atoms with Gasteiger partial charge in [0.25, 0.3) is 5.91 Å². The van der Waals surface area contributed by atoms with Gasteiger partial charge in [0.05, 0.1) is 5.69 Å². The topological polar surface area (TPSA) is 51.3 Å². The fourth-order valence-electron chi connectivity index (χ4n) is 3.44. The van der Waals surface area contributed by atoms with Gasteiger partial charge in [-0.25, -0.2) is 0 Å². The third-order valence-electron chi connectivity index (χ3n) is 4.71. The van der Waals surface area contributed by atoms with Crippen LogP contribution in [-0.2, 0) is 4.79 Å². The third kappa shape index (κ3) is 2.31. The molecule has 0 unspecified atom stereocenters. The molecule has 0 spiro atoms. The molecule has 25 heavy (non-hydrogen) atoms. The number of para-hydroxylation sites is 1. The van der Waals surface area contributed by atoms with Crippen LogP contribution in [0, 0.1) is 20.8 Å². The molecule has 5 nitrogen and oxygen atoms in total. The second-order valence-corrected chi connectivity index (χ2v) is 6.40. The highest BCUT2D eigenvalue weighted by Gasteiger charge is 2.29. The number of carbonyl (C=O) groups is 1. The van der Waals surface area contributed by atoms with E-state index in [-0.39, 0.29) is 5.91 Å². The lowest BCUT2D eigenvalue weighted by atomic mass is 10.0. The SMILES string of the molecule is Cc1cc(-n2c(C)cc(/C=C3\C(=O)N(C)c4ccccc43)c2C)no1. The Morgan fingerprint density at radius 1 is 1.12 bits per heavy atom. The van der Waals surface area contributed by atoms with Crippen molar-refractivity contribution < 1.29 is 9.32 Å². The van der Waals surface area contributed by atoms with Crippen LogP contribution in [-0.4, -0.2) is 22.7 Å². The van der Waals surface area contributed by atoms with Gasteiger partial charge in [-0.1, -0.05) is 23.4 Å². The predicted molar refractivity (Wildman–Crippen MR) is 97.8 cm³/mol. The Morgan fingerprint density at radius 2 is 1.88 bits per heavy atom. The first-order chi connectivity index (χ1) is 12.0. The van der Waals surface area contributed by atoms with Crippen LogP contribution in [0.2, 0.25) is 0 Å². The number of amides is 1. The van der Waals surface area contributed by atoms with Gasteiger partial charge < -0.3 is 9.42 Å². The number of anilines is 1. The molecule has 0 bridgehead atoms. The Morgan fingerprint density at radius 3 is 2.60 bits per heavy atom. The summed E-state index contributed by atoms with van der Waals surface area (Å²) in [6.07, 6.45) is 1.97. The van der Waals surface area contributed by atoms with Gasteiger partial charge in [0.2, 0.25) is 0 Å². The minimum Gasteiger partial charge on any atom is -0.360 e. The number of hydrogen-bond donors (Lipinski definition) is 0. The van der Waals surface area contributed by atoms with Crippen molar-refractivity contribution in [3.8, 4) is 5.82 Å². The van der Waals surface area contributed by atoms with Gasteiger partial charge in [0.1, 0.15) is 5.76 Å². The fraction of sp³-hybridized carbons (Fsp3) is 0.200. The zero-order valence-electron chi connectivity index (χ0n) is 14.7. The molecule has 5 heteroatoms. The van der Waals surface area contributed by atoms with Crippen LogP contribution >= 0.6 is 0 Å². The number of nitrogens with zero attached hydrogens (tertiary/aromatic N) is 3. The van der Waals surface area contributed by atoms with Crippen LogP contribution in [0.3, 0.4) is 0 Å². The summed E-state index contributed by atoms with van der Waals surface area (Å²) >= 11 is 0. The van der Waals surface area contributed by atoms with Gasteiger partial charge in [-0.05, 0) is 44.5 Å². The van der Waals surface area contributed by atoms with Crippen LogP contribution in [0.1, 0.15) is 28.3 Å². The monoisotopic (exact) mass is 333 g/mol. The van der Waals surface area contributed by atoms with E-state index in [9.17, 15) is 4.79 Å². The van der Waals surface area contributed by atoms with Crippen LogP contribution in [0.4, 0.5) is 5.69 Å². The van der Waals surface area contributed by atoms with Crippen LogP contribution < -0.4 is 4.90 Å². The van der Waals surface area contributed by atoms with Crippen molar-refractivity contribution in [3.63, 3.8) is 0 Å². The predicted octanol–water partition coefficient (Wildman–Crippen LogP) is 3.91. The molecule has 4 rings (SSSR count). The van der Waals surface area contributed by atoms with E-state index < -0.39 is 0 Å². The molecular formula is C20H19N3O2. The lowest BCUT2D eigenvalue weighted by molar-refractivity contribution is -0.112. The lowest BCUT2D eigenvalue weighted by Gasteiger charge is -2.08. The molecule has 3 aromatic rings. The lowest BCUT2D eigenvalue weighted by Crippen LogP contribution is -2.20. The quantitative estimate of drug-likeness (QED) is 0.668. The summed E-state index contributed by atoms with van der Waals surface area (Å²) in [5.41, 5.74) is 5.71. The van der Waals surface area contributed by atoms with Gasteiger partial charge in [-0.3, -0.25) is 9.36 Å². The molecule has 1 aromatic carbocycles. The maximum absolute atomic E-state index is 12.7. The Bertz CT molecular complexity index is 1020. The number of aromatic nitrogens is 2.